The molecule has 2 heterocycles. The normalized spacial score (nSPS) is 29.5. The molecule has 1 N–H and O–H groups in total. The number of carbonyl (C=O) groups excluding carboxylic acids is 2. The van der Waals surface area contributed by atoms with Gasteiger partial charge in [0.15, 0.2) is 5.72 Å². The van der Waals surface area contributed by atoms with Crippen LogP contribution >= 0.6 is 0 Å². The van der Waals surface area contributed by atoms with Crippen LogP contribution in [0.3, 0.4) is 0 Å². The lowest BCUT2D eigenvalue weighted by Gasteiger charge is -2.47. The van der Waals surface area contributed by atoms with E-state index in [9.17, 15) is 9.59 Å². The number of hydrogen-bond acceptors (Lipinski definition) is 3. The minimum Gasteiger partial charge on any atom is -0.468 e. The van der Waals surface area contributed by atoms with Gasteiger partial charge in [-0.05, 0) is 30.7 Å². The molecule has 3 atom stereocenters. The van der Waals surface area contributed by atoms with Gasteiger partial charge in [0.2, 0.25) is 5.91 Å². The number of ketones is 1. The average molecular weight is 295 g/mol. The van der Waals surface area contributed by atoms with Crippen molar-refractivity contribution in [3.63, 3.8) is 0 Å². The van der Waals surface area contributed by atoms with Gasteiger partial charge in [-0.25, -0.2) is 0 Å². The zero-order valence-electron chi connectivity index (χ0n) is 12.6. The highest BCUT2D eigenvalue weighted by atomic mass is 16.5. The number of fused-ring (bicyclic) bond motifs is 6. The Balaban J connectivity index is 2.00. The van der Waals surface area contributed by atoms with Gasteiger partial charge in [0.25, 0.3) is 0 Å². The Bertz CT molecular complexity index is 813. The van der Waals surface area contributed by atoms with Crippen molar-refractivity contribution in [3.05, 3.63) is 42.0 Å². The number of nitrogens with one attached hydrogen (secondary N) is 1. The summed E-state index contributed by atoms with van der Waals surface area (Å²) in [4.78, 5) is 24.4. The first-order valence-corrected chi connectivity index (χ1v) is 7.52. The van der Waals surface area contributed by atoms with Gasteiger partial charge in [-0.3, -0.25) is 9.59 Å². The Morgan fingerprint density at radius 2 is 2.05 bits per heavy atom. The minimum atomic E-state index is -0.733. The lowest BCUT2D eigenvalue weighted by Crippen LogP contribution is -2.61. The Labute approximate surface area is 128 Å². The van der Waals surface area contributed by atoms with Crippen molar-refractivity contribution >= 4 is 22.5 Å². The topological polar surface area (TPSA) is 55.4 Å². The lowest BCUT2D eigenvalue weighted by molar-refractivity contribution is -0.145. The molecule has 0 saturated carbocycles. The molecule has 2 aromatic carbocycles. The molecule has 2 aromatic rings. The smallest absolute Gasteiger partial charge is 0.234 e. The number of Topliss-reactive ketones (excluding diaryl/α,β-unsaturated/α-hetero) is 1. The van der Waals surface area contributed by atoms with Gasteiger partial charge < -0.3 is 10.1 Å². The van der Waals surface area contributed by atoms with Crippen molar-refractivity contribution in [2.45, 2.75) is 31.9 Å². The molecule has 0 spiro atoms. The number of hydrogen-bond donors (Lipinski definition) is 1. The summed E-state index contributed by atoms with van der Waals surface area (Å²) in [5.74, 6) is -0.327. The molecule has 1 fully saturated rings. The van der Waals surface area contributed by atoms with E-state index in [1.165, 1.54) is 6.92 Å². The summed E-state index contributed by atoms with van der Waals surface area (Å²) < 4.78 is 6.05. The molecular weight excluding hydrogens is 278 g/mol. The molecular formula is C18H17NO3. The summed E-state index contributed by atoms with van der Waals surface area (Å²) in [7, 11) is 0. The SMILES string of the molecule is CC(=O)C1C(=O)N[C@@]2(C)C[C@@H]1c1c(ccc3ccccc13)O2. The Morgan fingerprint density at radius 1 is 1.27 bits per heavy atom. The van der Waals surface area contributed by atoms with Crippen LogP contribution in [0.25, 0.3) is 10.8 Å². The van der Waals surface area contributed by atoms with E-state index in [0.717, 1.165) is 22.1 Å². The second-order valence-electron chi connectivity index (χ2n) is 6.42. The maximum Gasteiger partial charge on any atom is 0.234 e. The summed E-state index contributed by atoms with van der Waals surface area (Å²) in [6.45, 7) is 3.36. The number of piperidine rings is 1. The van der Waals surface area contributed by atoms with Gasteiger partial charge in [0, 0.05) is 17.9 Å². The number of carbonyl (C=O) groups is 2. The molecule has 0 aromatic heterocycles. The molecule has 4 heteroatoms. The molecule has 0 aliphatic carbocycles. The van der Waals surface area contributed by atoms with Gasteiger partial charge >= 0.3 is 0 Å². The van der Waals surface area contributed by atoms with Gasteiger partial charge in [0.05, 0.1) is 0 Å². The van der Waals surface area contributed by atoms with Gasteiger partial charge in [-0.2, -0.15) is 0 Å². The molecule has 1 amide bonds. The van der Waals surface area contributed by atoms with E-state index < -0.39 is 11.6 Å². The fourth-order valence-electron chi connectivity index (χ4n) is 3.90. The maximum atomic E-state index is 12.4. The van der Waals surface area contributed by atoms with Crippen LogP contribution in [0, 0.1) is 5.92 Å². The minimum absolute atomic E-state index is 0.0923. The van der Waals surface area contributed by atoms with Crippen LogP contribution in [0.5, 0.6) is 5.75 Å². The Morgan fingerprint density at radius 3 is 2.82 bits per heavy atom. The molecule has 22 heavy (non-hydrogen) atoms. The van der Waals surface area contributed by atoms with Gasteiger partial charge in [-0.1, -0.05) is 30.3 Å². The van der Waals surface area contributed by atoms with Crippen LogP contribution in [0.1, 0.15) is 31.7 Å². The summed E-state index contributed by atoms with van der Waals surface area (Å²) in [5, 5.41) is 5.02. The summed E-state index contributed by atoms with van der Waals surface area (Å²) >= 11 is 0. The van der Waals surface area contributed by atoms with Crippen LogP contribution in [0.4, 0.5) is 0 Å². The third-order valence-corrected chi connectivity index (χ3v) is 4.76. The van der Waals surface area contributed by atoms with Crippen molar-refractivity contribution in [3.8, 4) is 5.75 Å². The molecule has 2 bridgehead atoms. The monoisotopic (exact) mass is 295 g/mol. The molecule has 1 unspecified atom stereocenters. The predicted molar refractivity (Wildman–Crippen MR) is 82.7 cm³/mol. The quantitative estimate of drug-likeness (QED) is 0.823. The summed E-state index contributed by atoms with van der Waals surface area (Å²) in [6.07, 6.45) is 0.615. The lowest BCUT2D eigenvalue weighted by atomic mass is 9.72. The van der Waals surface area contributed by atoms with Crippen molar-refractivity contribution in [1.82, 2.24) is 5.32 Å². The van der Waals surface area contributed by atoms with Gasteiger partial charge in [-0.15, -0.1) is 0 Å². The molecule has 112 valence electrons. The van der Waals surface area contributed by atoms with Crippen molar-refractivity contribution in [2.24, 2.45) is 5.92 Å². The Hall–Kier alpha value is -2.36. The molecule has 1 saturated heterocycles. The highest BCUT2D eigenvalue weighted by molar-refractivity contribution is 6.03. The average Bonchev–Trinajstić information content (AvgIpc) is 2.44. The van der Waals surface area contributed by atoms with E-state index in [4.69, 9.17) is 4.74 Å². The zero-order chi connectivity index (χ0) is 15.5. The number of ether oxygens (including phenoxy) is 1. The Kier molecular flexibility index (Phi) is 2.61. The van der Waals surface area contributed by atoms with Crippen LogP contribution in [0.2, 0.25) is 0 Å². The van der Waals surface area contributed by atoms with E-state index in [-0.39, 0.29) is 17.6 Å². The second-order valence-corrected chi connectivity index (χ2v) is 6.42. The first kappa shape index (κ1) is 13.3. The standard InChI is InChI=1S/C18H17NO3/c1-10(20)15-13-9-18(2,19-17(15)21)22-14-8-7-11-5-3-4-6-12(11)16(13)14/h3-8,13,15H,9H2,1-2H3,(H,19,21)/t13-,15?,18+/m0/s1. The van der Waals surface area contributed by atoms with E-state index >= 15 is 0 Å². The summed E-state index contributed by atoms with van der Waals surface area (Å²) in [5.41, 5.74) is 0.258. The molecule has 0 radical (unpaired) electrons. The predicted octanol–water partition coefficient (Wildman–Crippen LogP) is 2.76. The number of benzene rings is 2. The number of amides is 1. The van der Waals surface area contributed by atoms with Crippen LogP contribution in [0.15, 0.2) is 36.4 Å². The van der Waals surface area contributed by atoms with E-state index in [1.54, 1.807) is 0 Å². The summed E-state index contributed by atoms with van der Waals surface area (Å²) in [6, 6.07) is 12.0. The van der Waals surface area contributed by atoms with Crippen molar-refractivity contribution < 1.29 is 14.3 Å². The second kappa shape index (κ2) is 4.32. The third-order valence-electron chi connectivity index (χ3n) is 4.76. The molecule has 4 nitrogen and oxygen atoms in total. The molecule has 2 aliphatic heterocycles. The number of rotatable bonds is 1. The maximum absolute atomic E-state index is 12.4. The first-order chi connectivity index (χ1) is 10.5. The highest BCUT2D eigenvalue weighted by Crippen LogP contribution is 2.49. The molecule has 4 rings (SSSR count). The fraction of sp³-hybridized carbons (Fsp3) is 0.333. The van der Waals surface area contributed by atoms with Crippen LogP contribution in [-0.2, 0) is 9.59 Å². The van der Waals surface area contributed by atoms with Crippen molar-refractivity contribution in [2.75, 3.05) is 0 Å². The zero-order valence-corrected chi connectivity index (χ0v) is 12.6. The fourth-order valence-corrected chi connectivity index (χ4v) is 3.90. The van der Waals surface area contributed by atoms with E-state index in [2.05, 4.69) is 5.32 Å². The van der Waals surface area contributed by atoms with Crippen LogP contribution in [-0.4, -0.2) is 17.4 Å². The van der Waals surface area contributed by atoms with Crippen molar-refractivity contribution in [1.29, 1.82) is 0 Å². The van der Waals surface area contributed by atoms with Gasteiger partial charge in [0.1, 0.15) is 17.5 Å². The van der Waals surface area contributed by atoms with E-state index in [1.807, 2.05) is 43.3 Å². The van der Waals surface area contributed by atoms with E-state index in [0.29, 0.717) is 6.42 Å². The van der Waals surface area contributed by atoms with Crippen LogP contribution < -0.4 is 10.1 Å². The first-order valence-electron chi connectivity index (χ1n) is 7.52. The largest absolute Gasteiger partial charge is 0.468 e. The highest BCUT2D eigenvalue weighted by Gasteiger charge is 2.51. The third kappa shape index (κ3) is 1.76. The molecule has 2 aliphatic rings.